The molecule has 0 aliphatic heterocycles. The van der Waals surface area contributed by atoms with Gasteiger partial charge in [-0.25, -0.2) is 0 Å². The van der Waals surface area contributed by atoms with Crippen molar-refractivity contribution in [2.24, 2.45) is 0 Å². The van der Waals surface area contributed by atoms with Crippen molar-refractivity contribution in [2.75, 3.05) is 6.61 Å². The van der Waals surface area contributed by atoms with Crippen LogP contribution in [0, 0.1) is 0 Å². The summed E-state index contributed by atoms with van der Waals surface area (Å²) in [6.45, 7) is 2.72. The molecule has 100 valence electrons. The van der Waals surface area contributed by atoms with Crippen LogP contribution in [0.15, 0.2) is 60.7 Å². The number of rotatable bonds is 7. The van der Waals surface area contributed by atoms with Crippen molar-refractivity contribution in [3.63, 3.8) is 0 Å². The molecule has 3 nitrogen and oxygen atoms in total. The summed E-state index contributed by atoms with van der Waals surface area (Å²) in [5.74, 6) is 1.57. The van der Waals surface area contributed by atoms with Gasteiger partial charge in [0.25, 0.3) is 0 Å². The summed E-state index contributed by atoms with van der Waals surface area (Å²) in [6, 6.07) is 19.3. The average Bonchev–Trinajstić information content (AvgIpc) is 2.47. The van der Waals surface area contributed by atoms with Gasteiger partial charge in [-0.2, -0.15) is 0 Å². The van der Waals surface area contributed by atoms with Crippen LogP contribution in [0.2, 0.25) is 0 Å². The van der Waals surface area contributed by atoms with Gasteiger partial charge in [-0.15, -0.1) is 0 Å². The number of benzene rings is 2. The molecule has 0 spiro atoms. The second-order valence-corrected chi connectivity index (χ2v) is 5.40. The number of hydrogen-bond donors (Lipinski definition) is 0. The summed E-state index contributed by atoms with van der Waals surface area (Å²) in [6.07, 6.45) is 0.944. The molecule has 0 aliphatic rings. The second kappa shape index (κ2) is 7.61. The van der Waals surface area contributed by atoms with E-state index in [1.165, 1.54) is 0 Å². The Morgan fingerprint density at radius 2 is 1.26 bits per heavy atom. The molecule has 0 unspecified atom stereocenters. The van der Waals surface area contributed by atoms with E-state index >= 15 is 0 Å². The van der Waals surface area contributed by atoms with Crippen molar-refractivity contribution in [1.82, 2.24) is 0 Å². The van der Waals surface area contributed by atoms with Crippen LogP contribution in [0.25, 0.3) is 0 Å². The fourth-order valence-electron chi connectivity index (χ4n) is 1.53. The minimum atomic E-state index is -2.20. The zero-order valence-electron chi connectivity index (χ0n) is 11.0. The Morgan fingerprint density at radius 3 is 1.68 bits per heavy atom. The van der Waals surface area contributed by atoms with E-state index in [4.69, 9.17) is 13.3 Å². The van der Waals surface area contributed by atoms with Gasteiger partial charge >= 0.3 is 9.53 Å². The topological polar surface area (TPSA) is 27.7 Å². The maximum Gasteiger partial charge on any atom is 0.615 e. The van der Waals surface area contributed by atoms with Gasteiger partial charge < -0.3 is 13.3 Å². The molecule has 0 heterocycles. The molecule has 0 amide bonds. The van der Waals surface area contributed by atoms with Crippen molar-refractivity contribution in [3.05, 3.63) is 60.7 Å². The van der Waals surface area contributed by atoms with Crippen LogP contribution in [0.5, 0.6) is 11.5 Å². The molecule has 0 saturated heterocycles. The van der Waals surface area contributed by atoms with Gasteiger partial charge in [0, 0.05) is 6.61 Å². The fourth-order valence-corrected chi connectivity index (χ4v) is 2.90. The molecule has 0 N–H and O–H groups in total. The van der Waals surface area contributed by atoms with Crippen LogP contribution in [0.1, 0.15) is 13.3 Å². The minimum Gasteiger partial charge on any atom is -0.494 e. The molecule has 0 radical (unpaired) electrons. The molecule has 2 aromatic carbocycles. The predicted octanol–water partition coefficient (Wildman–Crippen LogP) is 3.29. The zero-order chi connectivity index (χ0) is 13.3. The van der Waals surface area contributed by atoms with Crippen molar-refractivity contribution in [1.29, 1.82) is 0 Å². The normalized spacial score (nSPS) is 10.4. The first-order valence-electron chi connectivity index (χ1n) is 6.43. The molecule has 2 aromatic rings. The Balaban J connectivity index is 1.99. The third kappa shape index (κ3) is 4.77. The van der Waals surface area contributed by atoms with E-state index in [1.807, 2.05) is 60.7 Å². The van der Waals surface area contributed by atoms with E-state index in [1.54, 1.807) is 0 Å². The quantitative estimate of drug-likeness (QED) is 0.725. The van der Waals surface area contributed by atoms with E-state index in [0.717, 1.165) is 17.9 Å². The average molecular weight is 274 g/mol. The molecular formula is C15H18O3Si. The lowest BCUT2D eigenvalue weighted by Crippen LogP contribution is -2.34. The summed E-state index contributed by atoms with van der Waals surface area (Å²) < 4.78 is 17.3. The Morgan fingerprint density at radius 1 is 0.789 bits per heavy atom. The molecule has 0 atom stereocenters. The van der Waals surface area contributed by atoms with E-state index in [0.29, 0.717) is 6.61 Å². The third-order valence-corrected chi connectivity index (χ3v) is 3.85. The van der Waals surface area contributed by atoms with Gasteiger partial charge in [-0.05, 0) is 30.7 Å². The number of para-hydroxylation sites is 2. The van der Waals surface area contributed by atoms with Crippen LogP contribution in [-0.4, -0.2) is 16.1 Å². The third-order valence-electron chi connectivity index (χ3n) is 2.41. The summed E-state index contributed by atoms with van der Waals surface area (Å²) in [5.41, 5.74) is 0. The second-order valence-electron chi connectivity index (χ2n) is 4.02. The summed E-state index contributed by atoms with van der Waals surface area (Å²) in [5, 5.41) is 0. The Bertz CT molecular complexity index is 420. The highest BCUT2D eigenvalue weighted by Crippen LogP contribution is 2.14. The SMILES string of the molecule is CCCO[SiH](Oc1ccccc1)Oc1ccccc1. The maximum atomic E-state index is 5.81. The molecule has 0 aliphatic carbocycles. The lowest BCUT2D eigenvalue weighted by Gasteiger charge is -2.18. The van der Waals surface area contributed by atoms with E-state index in [2.05, 4.69) is 6.92 Å². The first-order chi connectivity index (χ1) is 9.38. The standard InChI is InChI=1S/C15H18O3Si/c1-2-13-16-19(17-14-9-5-3-6-10-14)18-15-11-7-4-8-12-15/h3-12,19H,2,13H2,1H3. The van der Waals surface area contributed by atoms with Crippen LogP contribution in [0.4, 0.5) is 0 Å². The lowest BCUT2D eigenvalue weighted by molar-refractivity contribution is 0.201. The van der Waals surface area contributed by atoms with Gasteiger partial charge in [0.05, 0.1) is 0 Å². The van der Waals surface area contributed by atoms with Crippen molar-refractivity contribution in [2.45, 2.75) is 13.3 Å². The van der Waals surface area contributed by atoms with E-state index in [-0.39, 0.29) is 0 Å². The van der Waals surface area contributed by atoms with Crippen molar-refractivity contribution >= 4 is 9.53 Å². The van der Waals surface area contributed by atoms with Crippen LogP contribution in [0.3, 0.4) is 0 Å². The summed E-state index contributed by atoms with van der Waals surface area (Å²) in [7, 11) is -2.20. The van der Waals surface area contributed by atoms with Crippen molar-refractivity contribution in [3.8, 4) is 11.5 Å². The largest absolute Gasteiger partial charge is 0.615 e. The van der Waals surface area contributed by atoms with Gasteiger partial charge in [0.2, 0.25) is 0 Å². The van der Waals surface area contributed by atoms with E-state index < -0.39 is 9.53 Å². The summed E-state index contributed by atoms with van der Waals surface area (Å²) >= 11 is 0. The fraction of sp³-hybridized carbons (Fsp3) is 0.200. The maximum absolute atomic E-state index is 5.81. The van der Waals surface area contributed by atoms with Crippen LogP contribution >= 0.6 is 0 Å². The smallest absolute Gasteiger partial charge is 0.494 e. The monoisotopic (exact) mass is 274 g/mol. The number of hydrogen-bond acceptors (Lipinski definition) is 3. The molecule has 4 heteroatoms. The van der Waals surface area contributed by atoms with Gasteiger partial charge in [0.1, 0.15) is 11.5 Å². The molecule has 0 bridgehead atoms. The van der Waals surface area contributed by atoms with Crippen LogP contribution < -0.4 is 8.85 Å². The predicted molar refractivity (Wildman–Crippen MR) is 77.5 cm³/mol. The summed E-state index contributed by atoms with van der Waals surface area (Å²) in [4.78, 5) is 0. The van der Waals surface area contributed by atoms with Crippen LogP contribution in [-0.2, 0) is 4.43 Å². The first-order valence-corrected chi connectivity index (χ1v) is 7.85. The zero-order valence-corrected chi connectivity index (χ0v) is 12.1. The van der Waals surface area contributed by atoms with Crippen molar-refractivity contribution < 1.29 is 13.3 Å². The first kappa shape index (κ1) is 13.6. The van der Waals surface area contributed by atoms with E-state index in [9.17, 15) is 0 Å². The Hall–Kier alpha value is -1.78. The molecular weight excluding hydrogens is 256 g/mol. The highest BCUT2D eigenvalue weighted by Gasteiger charge is 2.19. The minimum absolute atomic E-state index is 0.649. The Labute approximate surface area is 115 Å². The highest BCUT2D eigenvalue weighted by atomic mass is 28.3. The molecule has 0 fully saturated rings. The van der Waals surface area contributed by atoms with Gasteiger partial charge in [-0.1, -0.05) is 43.3 Å². The Kier molecular flexibility index (Phi) is 5.46. The molecule has 0 saturated carbocycles. The van der Waals surface area contributed by atoms with Gasteiger partial charge in [0.15, 0.2) is 0 Å². The molecule has 2 rings (SSSR count). The molecule has 0 aromatic heterocycles. The molecule has 19 heavy (non-hydrogen) atoms. The lowest BCUT2D eigenvalue weighted by atomic mass is 10.3. The highest BCUT2D eigenvalue weighted by molar-refractivity contribution is 6.38. The van der Waals surface area contributed by atoms with Gasteiger partial charge in [-0.3, -0.25) is 0 Å².